The van der Waals surface area contributed by atoms with Crippen molar-refractivity contribution in [1.82, 2.24) is 0 Å². The molecule has 1 heteroatoms. The SMILES string of the molecule is CCCCCCc1ccc(CCCl)cc1. The number of rotatable bonds is 7. The Hall–Kier alpha value is -0.490. The van der Waals surface area contributed by atoms with Crippen molar-refractivity contribution in [2.45, 2.75) is 45.4 Å². The minimum atomic E-state index is 0.718. The normalized spacial score (nSPS) is 10.5. The summed E-state index contributed by atoms with van der Waals surface area (Å²) < 4.78 is 0. The Labute approximate surface area is 98.7 Å². The molecule has 15 heavy (non-hydrogen) atoms. The third-order valence-corrected chi connectivity index (χ3v) is 2.91. The standard InChI is InChI=1S/C14H21Cl/c1-2-3-4-5-6-13-7-9-14(10-8-13)11-12-15/h7-10H,2-6,11-12H2,1H3. The van der Waals surface area contributed by atoms with Gasteiger partial charge in [0.25, 0.3) is 0 Å². The van der Waals surface area contributed by atoms with E-state index in [1.165, 1.54) is 43.2 Å². The molecule has 0 aliphatic carbocycles. The minimum absolute atomic E-state index is 0.718. The molecule has 0 N–H and O–H groups in total. The number of halogens is 1. The van der Waals surface area contributed by atoms with Crippen LogP contribution in [-0.4, -0.2) is 5.88 Å². The van der Waals surface area contributed by atoms with Crippen LogP contribution in [0.4, 0.5) is 0 Å². The van der Waals surface area contributed by atoms with E-state index in [-0.39, 0.29) is 0 Å². The van der Waals surface area contributed by atoms with Gasteiger partial charge in [-0.3, -0.25) is 0 Å². The number of unbranched alkanes of at least 4 members (excludes halogenated alkanes) is 3. The Morgan fingerprint density at radius 1 is 0.867 bits per heavy atom. The smallest absolute Gasteiger partial charge is 0.0263 e. The first-order valence-electron chi connectivity index (χ1n) is 6.00. The van der Waals surface area contributed by atoms with E-state index in [4.69, 9.17) is 11.6 Å². The van der Waals surface area contributed by atoms with Crippen molar-refractivity contribution in [1.29, 1.82) is 0 Å². The Kier molecular flexibility index (Phi) is 6.50. The van der Waals surface area contributed by atoms with Crippen LogP contribution in [0.1, 0.15) is 43.7 Å². The van der Waals surface area contributed by atoms with Crippen molar-refractivity contribution in [2.24, 2.45) is 0 Å². The van der Waals surface area contributed by atoms with E-state index < -0.39 is 0 Å². The first-order chi connectivity index (χ1) is 7.36. The van der Waals surface area contributed by atoms with Crippen LogP contribution in [-0.2, 0) is 12.8 Å². The lowest BCUT2D eigenvalue weighted by molar-refractivity contribution is 0.667. The molecule has 0 radical (unpaired) electrons. The van der Waals surface area contributed by atoms with E-state index in [1.807, 2.05) is 0 Å². The molecule has 84 valence electrons. The molecule has 0 saturated carbocycles. The molecule has 0 aliphatic heterocycles. The second-order valence-corrected chi connectivity index (χ2v) is 4.44. The Bertz CT molecular complexity index is 251. The molecular weight excluding hydrogens is 204 g/mol. The van der Waals surface area contributed by atoms with E-state index >= 15 is 0 Å². The summed E-state index contributed by atoms with van der Waals surface area (Å²) in [6, 6.07) is 8.90. The highest BCUT2D eigenvalue weighted by molar-refractivity contribution is 6.17. The monoisotopic (exact) mass is 224 g/mol. The molecule has 1 aromatic carbocycles. The number of aryl methyl sites for hydroxylation is 2. The molecular formula is C14H21Cl. The highest BCUT2D eigenvalue weighted by atomic mass is 35.5. The Morgan fingerprint density at radius 2 is 1.47 bits per heavy atom. The van der Waals surface area contributed by atoms with Crippen LogP contribution in [0.3, 0.4) is 0 Å². The van der Waals surface area contributed by atoms with Gasteiger partial charge in [0.1, 0.15) is 0 Å². The number of hydrogen-bond donors (Lipinski definition) is 0. The first-order valence-corrected chi connectivity index (χ1v) is 6.54. The van der Waals surface area contributed by atoms with Gasteiger partial charge in [0, 0.05) is 5.88 Å². The molecule has 0 heterocycles. The second-order valence-electron chi connectivity index (χ2n) is 4.07. The summed E-state index contributed by atoms with van der Waals surface area (Å²) in [4.78, 5) is 0. The number of alkyl halides is 1. The fraction of sp³-hybridized carbons (Fsp3) is 0.571. The average Bonchev–Trinajstić information content (AvgIpc) is 2.27. The van der Waals surface area contributed by atoms with Gasteiger partial charge < -0.3 is 0 Å². The van der Waals surface area contributed by atoms with E-state index in [1.54, 1.807) is 0 Å². The lowest BCUT2D eigenvalue weighted by atomic mass is 10.0. The van der Waals surface area contributed by atoms with Crippen LogP contribution in [0.25, 0.3) is 0 Å². The van der Waals surface area contributed by atoms with E-state index in [0.717, 1.165) is 12.3 Å². The zero-order valence-electron chi connectivity index (χ0n) is 9.64. The summed E-state index contributed by atoms with van der Waals surface area (Å²) in [7, 11) is 0. The van der Waals surface area contributed by atoms with Gasteiger partial charge in [-0.05, 0) is 30.4 Å². The highest BCUT2D eigenvalue weighted by Gasteiger charge is 1.95. The summed E-state index contributed by atoms with van der Waals surface area (Å²) >= 11 is 5.69. The summed E-state index contributed by atoms with van der Waals surface area (Å²) in [5.41, 5.74) is 2.81. The zero-order valence-corrected chi connectivity index (χ0v) is 10.4. The lowest BCUT2D eigenvalue weighted by Crippen LogP contribution is -1.89. The first kappa shape index (κ1) is 12.6. The third-order valence-electron chi connectivity index (χ3n) is 2.73. The predicted molar refractivity (Wildman–Crippen MR) is 68.7 cm³/mol. The fourth-order valence-electron chi connectivity index (χ4n) is 1.74. The summed E-state index contributed by atoms with van der Waals surface area (Å²) in [6.07, 6.45) is 7.57. The molecule has 0 amide bonds. The average molecular weight is 225 g/mol. The molecule has 0 aromatic heterocycles. The van der Waals surface area contributed by atoms with Crippen molar-refractivity contribution in [3.8, 4) is 0 Å². The van der Waals surface area contributed by atoms with Gasteiger partial charge in [-0.15, -0.1) is 11.6 Å². The lowest BCUT2D eigenvalue weighted by Gasteiger charge is -2.03. The molecule has 0 saturated heterocycles. The number of benzene rings is 1. The van der Waals surface area contributed by atoms with Crippen LogP contribution in [0.5, 0.6) is 0 Å². The van der Waals surface area contributed by atoms with Crippen molar-refractivity contribution in [3.63, 3.8) is 0 Å². The van der Waals surface area contributed by atoms with Gasteiger partial charge in [-0.25, -0.2) is 0 Å². The molecule has 0 bridgehead atoms. The predicted octanol–water partition coefficient (Wildman–Crippen LogP) is 4.59. The highest BCUT2D eigenvalue weighted by Crippen LogP contribution is 2.10. The van der Waals surface area contributed by atoms with Crippen molar-refractivity contribution in [3.05, 3.63) is 35.4 Å². The zero-order chi connectivity index (χ0) is 10.9. The van der Waals surface area contributed by atoms with Crippen LogP contribution >= 0.6 is 11.6 Å². The van der Waals surface area contributed by atoms with Crippen LogP contribution in [0, 0.1) is 0 Å². The second kappa shape index (κ2) is 7.76. The fourth-order valence-corrected chi connectivity index (χ4v) is 1.96. The van der Waals surface area contributed by atoms with Gasteiger partial charge >= 0.3 is 0 Å². The van der Waals surface area contributed by atoms with Gasteiger partial charge in [-0.2, -0.15) is 0 Å². The molecule has 0 spiro atoms. The van der Waals surface area contributed by atoms with Crippen LogP contribution in [0.15, 0.2) is 24.3 Å². The van der Waals surface area contributed by atoms with Gasteiger partial charge in [0.2, 0.25) is 0 Å². The maximum Gasteiger partial charge on any atom is 0.0263 e. The molecule has 0 aliphatic rings. The topological polar surface area (TPSA) is 0 Å². The molecule has 1 aromatic rings. The van der Waals surface area contributed by atoms with Gasteiger partial charge in [0.15, 0.2) is 0 Å². The summed E-state index contributed by atoms with van der Waals surface area (Å²) in [5.74, 6) is 0.718. The largest absolute Gasteiger partial charge is 0.126 e. The molecule has 1 rings (SSSR count). The third kappa shape index (κ3) is 5.22. The Balaban J connectivity index is 2.29. The van der Waals surface area contributed by atoms with E-state index in [2.05, 4.69) is 31.2 Å². The quantitative estimate of drug-likeness (QED) is 0.470. The maximum atomic E-state index is 5.69. The van der Waals surface area contributed by atoms with Crippen molar-refractivity contribution in [2.75, 3.05) is 5.88 Å². The Morgan fingerprint density at radius 3 is 2.00 bits per heavy atom. The molecule has 0 nitrogen and oxygen atoms in total. The van der Waals surface area contributed by atoms with Crippen molar-refractivity contribution >= 4 is 11.6 Å². The molecule has 0 unspecified atom stereocenters. The van der Waals surface area contributed by atoms with Gasteiger partial charge in [-0.1, -0.05) is 50.5 Å². The number of hydrogen-bond acceptors (Lipinski definition) is 0. The van der Waals surface area contributed by atoms with E-state index in [0.29, 0.717) is 0 Å². The molecule has 0 fully saturated rings. The van der Waals surface area contributed by atoms with Crippen molar-refractivity contribution < 1.29 is 0 Å². The van der Waals surface area contributed by atoms with Crippen LogP contribution < -0.4 is 0 Å². The summed E-state index contributed by atoms with van der Waals surface area (Å²) in [6.45, 7) is 2.25. The summed E-state index contributed by atoms with van der Waals surface area (Å²) in [5, 5.41) is 0. The molecule has 0 atom stereocenters. The van der Waals surface area contributed by atoms with E-state index in [9.17, 15) is 0 Å². The minimum Gasteiger partial charge on any atom is -0.126 e. The van der Waals surface area contributed by atoms with Crippen LogP contribution in [0.2, 0.25) is 0 Å². The maximum absolute atomic E-state index is 5.69. The van der Waals surface area contributed by atoms with Gasteiger partial charge in [0.05, 0.1) is 0 Å².